The Balaban J connectivity index is 1.83. The summed E-state index contributed by atoms with van der Waals surface area (Å²) in [6.45, 7) is 0. The lowest BCUT2D eigenvalue weighted by Crippen LogP contribution is -1.90. The SMILES string of the molecule is N#Cc1cccc(Nc2nc(-c3ccccc3)ns2)c1. The van der Waals surface area contributed by atoms with Crippen LogP contribution in [0.3, 0.4) is 0 Å². The topological polar surface area (TPSA) is 61.6 Å². The van der Waals surface area contributed by atoms with E-state index in [0.29, 0.717) is 16.5 Å². The van der Waals surface area contributed by atoms with Crippen LogP contribution in [0.25, 0.3) is 11.4 Å². The average Bonchev–Trinajstić information content (AvgIpc) is 2.97. The molecule has 0 unspecified atom stereocenters. The second kappa shape index (κ2) is 5.51. The Bertz CT molecular complexity index is 759. The number of nitriles is 1. The maximum atomic E-state index is 8.88. The normalized spacial score (nSPS) is 9.95. The molecule has 0 bridgehead atoms. The van der Waals surface area contributed by atoms with Gasteiger partial charge in [-0.15, -0.1) is 0 Å². The summed E-state index contributed by atoms with van der Waals surface area (Å²) in [4.78, 5) is 4.44. The largest absolute Gasteiger partial charge is 0.330 e. The molecule has 96 valence electrons. The molecular weight excluding hydrogens is 268 g/mol. The molecule has 1 heterocycles. The van der Waals surface area contributed by atoms with Gasteiger partial charge in [-0.25, -0.2) is 0 Å². The van der Waals surface area contributed by atoms with E-state index in [4.69, 9.17) is 5.26 Å². The van der Waals surface area contributed by atoms with Gasteiger partial charge in [-0.05, 0) is 18.2 Å². The number of hydrogen-bond donors (Lipinski definition) is 1. The summed E-state index contributed by atoms with van der Waals surface area (Å²) in [6.07, 6.45) is 0. The Morgan fingerprint density at radius 2 is 1.90 bits per heavy atom. The molecule has 0 radical (unpaired) electrons. The minimum absolute atomic E-state index is 0.614. The number of rotatable bonds is 3. The number of anilines is 2. The number of hydrogen-bond acceptors (Lipinski definition) is 5. The van der Waals surface area contributed by atoms with Gasteiger partial charge >= 0.3 is 0 Å². The van der Waals surface area contributed by atoms with Crippen molar-refractivity contribution >= 4 is 22.4 Å². The van der Waals surface area contributed by atoms with E-state index in [-0.39, 0.29) is 0 Å². The molecule has 3 aromatic rings. The molecule has 3 rings (SSSR count). The molecule has 0 aliphatic carbocycles. The maximum Gasteiger partial charge on any atom is 0.207 e. The molecule has 0 aliphatic heterocycles. The maximum absolute atomic E-state index is 8.88. The summed E-state index contributed by atoms with van der Waals surface area (Å²) in [6, 6.07) is 19.2. The summed E-state index contributed by atoms with van der Waals surface area (Å²) in [5, 5.41) is 12.7. The lowest BCUT2D eigenvalue weighted by molar-refractivity contribution is 1.32. The van der Waals surface area contributed by atoms with E-state index in [9.17, 15) is 0 Å². The van der Waals surface area contributed by atoms with Gasteiger partial charge in [0.2, 0.25) is 5.13 Å². The van der Waals surface area contributed by atoms with Crippen molar-refractivity contribution < 1.29 is 0 Å². The Hall–Kier alpha value is -2.71. The molecular formula is C15H10N4S. The van der Waals surface area contributed by atoms with Crippen molar-refractivity contribution in [1.82, 2.24) is 9.36 Å². The third kappa shape index (κ3) is 2.66. The fourth-order valence-corrected chi connectivity index (χ4v) is 2.38. The highest BCUT2D eigenvalue weighted by molar-refractivity contribution is 7.09. The summed E-state index contributed by atoms with van der Waals surface area (Å²) in [5.74, 6) is 0.703. The second-order valence-corrected chi connectivity index (χ2v) is 4.86. The molecule has 1 aromatic heterocycles. The number of nitrogens with one attached hydrogen (secondary N) is 1. The van der Waals surface area contributed by atoms with Crippen molar-refractivity contribution in [3.05, 3.63) is 60.2 Å². The Morgan fingerprint density at radius 3 is 2.70 bits per heavy atom. The molecule has 4 nitrogen and oxygen atoms in total. The van der Waals surface area contributed by atoms with Crippen molar-refractivity contribution in [3.63, 3.8) is 0 Å². The van der Waals surface area contributed by atoms with Crippen molar-refractivity contribution in [2.45, 2.75) is 0 Å². The first-order valence-corrected chi connectivity index (χ1v) is 6.79. The lowest BCUT2D eigenvalue weighted by Gasteiger charge is -2.01. The van der Waals surface area contributed by atoms with Crippen LogP contribution in [0.2, 0.25) is 0 Å². The van der Waals surface area contributed by atoms with E-state index in [0.717, 1.165) is 11.3 Å². The van der Waals surface area contributed by atoms with E-state index in [2.05, 4.69) is 20.7 Å². The standard InChI is InChI=1S/C15H10N4S/c16-10-11-5-4-8-13(9-11)17-15-18-14(19-20-15)12-6-2-1-3-7-12/h1-9H,(H,17,18,19). The van der Waals surface area contributed by atoms with E-state index in [1.165, 1.54) is 11.5 Å². The molecule has 20 heavy (non-hydrogen) atoms. The zero-order chi connectivity index (χ0) is 13.8. The van der Waals surface area contributed by atoms with E-state index in [1.807, 2.05) is 42.5 Å². The van der Waals surface area contributed by atoms with E-state index in [1.54, 1.807) is 12.1 Å². The van der Waals surface area contributed by atoms with Crippen LogP contribution in [0.1, 0.15) is 5.56 Å². The predicted octanol–water partition coefficient (Wildman–Crippen LogP) is 3.82. The first-order valence-electron chi connectivity index (χ1n) is 6.01. The van der Waals surface area contributed by atoms with Crippen LogP contribution in [0, 0.1) is 11.3 Å². The van der Waals surface area contributed by atoms with Gasteiger partial charge in [0.05, 0.1) is 11.6 Å². The second-order valence-electron chi connectivity index (χ2n) is 4.11. The minimum Gasteiger partial charge on any atom is -0.330 e. The fraction of sp³-hybridized carbons (Fsp3) is 0. The summed E-state index contributed by atoms with van der Waals surface area (Å²) in [5.41, 5.74) is 2.44. The van der Waals surface area contributed by atoms with Crippen LogP contribution in [0.5, 0.6) is 0 Å². The van der Waals surface area contributed by atoms with Crippen molar-refractivity contribution in [2.24, 2.45) is 0 Å². The quantitative estimate of drug-likeness (QED) is 0.791. The molecule has 0 fully saturated rings. The molecule has 0 atom stereocenters. The van der Waals surface area contributed by atoms with Crippen molar-refractivity contribution in [2.75, 3.05) is 5.32 Å². The molecule has 0 saturated heterocycles. The minimum atomic E-state index is 0.614. The van der Waals surface area contributed by atoms with E-state index < -0.39 is 0 Å². The van der Waals surface area contributed by atoms with Gasteiger partial charge in [-0.2, -0.15) is 14.6 Å². The number of nitrogens with zero attached hydrogens (tertiary/aromatic N) is 3. The molecule has 2 aromatic carbocycles. The van der Waals surface area contributed by atoms with Gasteiger partial charge in [-0.3, -0.25) is 0 Å². The van der Waals surface area contributed by atoms with Crippen LogP contribution in [-0.4, -0.2) is 9.36 Å². The van der Waals surface area contributed by atoms with Crippen molar-refractivity contribution in [1.29, 1.82) is 5.26 Å². The molecule has 0 saturated carbocycles. The molecule has 0 aliphatic rings. The summed E-state index contributed by atoms with van der Waals surface area (Å²) >= 11 is 1.30. The lowest BCUT2D eigenvalue weighted by atomic mass is 10.2. The zero-order valence-corrected chi connectivity index (χ0v) is 11.3. The Kier molecular flexibility index (Phi) is 3.40. The number of benzene rings is 2. The third-order valence-electron chi connectivity index (χ3n) is 2.70. The number of aromatic nitrogens is 2. The van der Waals surface area contributed by atoms with Gasteiger partial charge in [-0.1, -0.05) is 36.4 Å². The van der Waals surface area contributed by atoms with Gasteiger partial charge in [0.1, 0.15) is 0 Å². The van der Waals surface area contributed by atoms with Crippen LogP contribution >= 0.6 is 11.5 Å². The molecule has 1 N–H and O–H groups in total. The highest BCUT2D eigenvalue weighted by Gasteiger charge is 2.06. The van der Waals surface area contributed by atoms with Crippen LogP contribution in [-0.2, 0) is 0 Å². The first-order chi connectivity index (χ1) is 9.85. The zero-order valence-electron chi connectivity index (χ0n) is 10.4. The molecule has 0 spiro atoms. The third-order valence-corrected chi connectivity index (χ3v) is 3.33. The molecule has 0 amide bonds. The first kappa shape index (κ1) is 12.3. The average molecular weight is 278 g/mol. The fourth-order valence-electron chi connectivity index (χ4n) is 1.77. The smallest absolute Gasteiger partial charge is 0.207 e. The summed E-state index contributed by atoms with van der Waals surface area (Å²) < 4.78 is 4.33. The monoisotopic (exact) mass is 278 g/mol. The van der Waals surface area contributed by atoms with Crippen molar-refractivity contribution in [3.8, 4) is 17.5 Å². The van der Waals surface area contributed by atoms with Crippen LogP contribution in [0.15, 0.2) is 54.6 Å². The molecule has 5 heteroatoms. The Morgan fingerprint density at radius 1 is 1.05 bits per heavy atom. The predicted molar refractivity (Wildman–Crippen MR) is 79.8 cm³/mol. The van der Waals surface area contributed by atoms with Gasteiger partial charge in [0.25, 0.3) is 0 Å². The van der Waals surface area contributed by atoms with E-state index >= 15 is 0 Å². The highest BCUT2D eigenvalue weighted by atomic mass is 32.1. The highest BCUT2D eigenvalue weighted by Crippen LogP contribution is 2.23. The van der Waals surface area contributed by atoms with Gasteiger partial charge in [0.15, 0.2) is 5.82 Å². The van der Waals surface area contributed by atoms with Crippen LogP contribution in [0.4, 0.5) is 10.8 Å². The Labute approximate surface area is 120 Å². The van der Waals surface area contributed by atoms with Crippen LogP contribution < -0.4 is 5.32 Å². The van der Waals surface area contributed by atoms with Gasteiger partial charge in [0, 0.05) is 22.8 Å². The summed E-state index contributed by atoms with van der Waals surface area (Å²) in [7, 11) is 0. The van der Waals surface area contributed by atoms with Gasteiger partial charge < -0.3 is 5.32 Å².